The molecule has 0 saturated heterocycles. The lowest BCUT2D eigenvalue weighted by atomic mass is 9.99. The molecular formula is C18H12ClF3N6O2. The van der Waals surface area contributed by atoms with E-state index in [9.17, 15) is 18.0 Å². The van der Waals surface area contributed by atoms with Crippen LogP contribution in [0, 0.1) is 0 Å². The first-order valence-electron chi connectivity index (χ1n) is 8.82. The molecule has 0 bridgehead atoms. The Morgan fingerprint density at radius 2 is 2.13 bits per heavy atom. The molecule has 0 fully saturated rings. The third-order valence-electron chi connectivity index (χ3n) is 4.96. The van der Waals surface area contributed by atoms with E-state index in [2.05, 4.69) is 20.1 Å². The monoisotopic (exact) mass is 436 g/mol. The maximum atomic E-state index is 13.3. The minimum absolute atomic E-state index is 0.137. The van der Waals surface area contributed by atoms with Crippen molar-refractivity contribution in [3.8, 4) is 0 Å². The lowest BCUT2D eigenvalue weighted by Gasteiger charge is -2.33. The van der Waals surface area contributed by atoms with E-state index in [0.717, 1.165) is 5.69 Å². The largest absolute Gasteiger partial charge is 0.438 e. The Kier molecular flexibility index (Phi) is 4.10. The number of carbonyl (C=O) groups excluding carboxylic acids is 1. The van der Waals surface area contributed by atoms with Crippen molar-refractivity contribution in [3.05, 3.63) is 70.7 Å². The number of oxazole rings is 1. The molecule has 1 aliphatic heterocycles. The molecule has 0 aliphatic carbocycles. The van der Waals surface area contributed by atoms with Crippen LogP contribution in [-0.4, -0.2) is 41.9 Å². The van der Waals surface area contributed by atoms with E-state index in [-0.39, 0.29) is 6.54 Å². The highest BCUT2D eigenvalue weighted by Gasteiger charge is 2.44. The quantitative estimate of drug-likeness (QED) is 0.485. The Morgan fingerprint density at radius 3 is 2.90 bits per heavy atom. The maximum absolute atomic E-state index is 13.3. The van der Waals surface area contributed by atoms with Gasteiger partial charge in [0.1, 0.15) is 11.2 Å². The number of aromatic amines is 1. The Labute approximate surface area is 171 Å². The van der Waals surface area contributed by atoms with Crippen molar-refractivity contribution in [2.45, 2.75) is 18.6 Å². The molecule has 1 amide bonds. The summed E-state index contributed by atoms with van der Waals surface area (Å²) in [7, 11) is 0. The van der Waals surface area contributed by atoms with Gasteiger partial charge in [-0.2, -0.15) is 18.3 Å². The predicted molar refractivity (Wildman–Crippen MR) is 96.9 cm³/mol. The summed E-state index contributed by atoms with van der Waals surface area (Å²) in [4.78, 5) is 24.9. The van der Waals surface area contributed by atoms with Gasteiger partial charge in [-0.1, -0.05) is 17.7 Å². The molecule has 8 nitrogen and oxygen atoms in total. The van der Waals surface area contributed by atoms with Gasteiger partial charge in [0.15, 0.2) is 12.1 Å². The fraction of sp³-hybridized carbons (Fsp3) is 0.222. The molecule has 1 atom stereocenters. The number of H-pyrrole nitrogens is 1. The van der Waals surface area contributed by atoms with E-state index in [4.69, 9.17) is 16.0 Å². The number of amides is 1. The van der Waals surface area contributed by atoms with E-state index in [1.165, 1.54) is 15.7 Å². The van der Waals surface area contributed by atoms with Gasteiger partial charge in [-0.25, -0.2) is 14.5 Å². The van der Waals surface area contributed by atoms with Crippen LogP contribution in [0.2, 0.25) is 5.15 Å². The number of fused-ring (bicyclic) bond motifs is 2. The number of alkyl halides is 3. The summed E-state index contributed by atoms with van der Waals surface area (Å²) in [5.74, 6) is -1.81. The molecule has 5 rings (SSSR count). The van der Waals surface area contributed by atoms with Crippen LogP contribution >= 0.6 is 11.6 Å². The van der Waals surface area contributed by atoms with Crippen molar-refractivity contribution in [3.63, 3.8) is 0 Å². The molecule has 4 aromatic rings. The zero-order valence-electron chi connectivity index (χ0n) is 15.0. The van der Waals surface area contributed by atoms with Crippen LogP contribution < -0.4 is 0 Å². The molecule has 0 radical (unpaired) electrons. The van der Waals surface area contributed by atoms with Gasteiger partial charge in [0.2, 0.25) is 5.76 Å². The number of carbonyl (C=O) groups is 1. The predicted octanol–water partition coefficient (Wildman–Crippen LogP) is 3.51. The van der Waals surface area contributed by atoms with Crippen molar-refractivity contribution < 1.29 is 22.4 Å². The molecule has 1 aliphatic rings. The highest BCUT2D eigenvalue weighted by molar-refractivity contribution is 6.29. The van der Waals surface area contributed by atoms with Gasteiger partial charge >= 0.3 is 6.18 Å². The van der Waals surface area contributed by atoms with Crippen LogP contribution in [0.25, 0.3) is 5.52 Å². The van der Waals surface area contributed by atoms with E-state index >= 15 is 0 Å². The molecule has 1 unspecified atom stereocenters. The van der Waals surface area contributed by atoms with E-state index in [0.29, 0.717) is 34.9 Å². The highest BCUT2D eigenvalue weighted by atomic mass is 35.5. The molecule has 0 saturated carbocycles. The fourth-order valence-electron chi connectivity index (χ4n) is 3.66. The van der Waals surface area contributed by atoms with Crippen molar-refractivity contribution in [2.75, 3.05) is 6.54 Å². The van der Waals surface area contributed by atoms with Gasteiger partial charge in [0.25, 0.3) is 5.91 Å². The van der Waals surface area contributed by atoms with Gasteiger partial charge in [-0.05, 0) is 18.2 Å². The summed E-state index contributed by atoms with van der Waals surface area (Å²) in [6.45, 7) is 0.137. The molecule has 12 heteroatoms. The average molecular weight is 437 g/mol. The number of nitrogens with one attached hydrogen (secondary N) is 1. The Balaban J connectivity index is 1.63. The van der Waals surface area contributed by atoms with Crippen LogP contribution in [0.1, 0.15) is 39.4 Å². The second-order valence-electron chi connectivity index (χ2n) is 6.70. The number of halogens is 4. The number of nitrogens with zero attached hydrogens (tertiary/aromatic N) is 5. The van der Waals surface area contributed by atoms with Crippen LogP contribution in [0.3, 0.4) is 0 Å². The number of imidazole rings is 1. The normalized spacial score (nSPS) is 16.8. The maximum Gasteiger partial charge on any atom is 0.437 e. The average Bonchev–Trinajstić information content (AvgIpc) is 3.44. The van der Waals surface area contributed by atoms with Gasteiger partial charge in [-0.3, -0.25) is 4.79 Å². The zero-order chi connectivity index (χ0) is 21.0. The summed E-state index contributed by atoms with van der Waals surface area (Å²) >= 11 is 6.19. The molecule has 0 aromatic carbocycles. The lowest BCUT2D eigenvalue weighted by molar-refractivity contribution is -0.141. The standard InChI is InChI=1S/C18H12ClF3N6O2/c19-12-3-1-2-9-6-11(26-28(9)12)14-13-10(23-7-24-13)4-5-27(14)17(29)15-16(18(20,21)22)25-8-30-15/h1-3,6-8,14H,4-5H2,(H,23,24). The number of aromatic nitrogens is 5. The third kappa shape index (κ3) is 2.84. The fourth-order valence-corrected chi connectivity index (χ4v) is 3.87. The van der Waals surface area contributed by atoms with Crippen LogP contribution in [0.15, 0.2) is 41.4 Å². The molecule has 1 N–H and O–H groups in total. The first kappa shape index (κ1) is 18.7. The first-order valence-corrected chi connectivity index (χ1v) is 9.20. The van der Waals surface area contributed by atoms with Crippen molar-refractivity contribution in [1.29, 1.82) is 0 Å². The van der Waals surface area contributed by atoms with Gasteiger partial charge in [0.05, 0.1) is 23.2 Å². The third-order valence-corrected chi connectivity index (χ3v) is 5.24. The first-order chi connectivity index (χ1) is 14.3. The summed E-state index contributed by atoms with van der Waals surface area (Å²) in [6, 6.07) is 6.07. The second kappa shape index (κ2) is 6.59. The van der Waals surface area contributed by atoms with E-state index in [1.807, 2.05) is 0 Å². The number of pyridine rings is 1. The van der Waals surface area contributed by atoms with E-state index < -0.39 is 29.6 Å². The summed E-state index contributed by atoms with van der Waals surface area (Å²) in [6.07, 6.45) is -2.34. The highest BCUT2D eigenvalue weighted by Crippen LogP contribution is 2.37. The molecule has 4 aromatic heterocycles. The van der Waals surface area contributed by atoms with Crippen LogP contribution in [-0.2, 0) is 12.6 Å². The molecule has 0 spiro atoms. The Hall–Kier alpha value is -3.34. The van der Waals surface area contributed by atoms with Crippen LogP contribution in [0.5, 0.6) is 0 Å². The molecule has 154 valence electrons. The topological polar surface area (TPSA) is 92.3 Å². The number of rotatable bonds is 2. The van der Waals surface area contributed by atoms with Gasteiger partial charge < -0.3 is 14.3 Å². The van der Waals surface area contributed by atoms with Gasteiger partial charge in [0, 0.05) is 18.7 Å². The minimum atomic E-state index is -4.82. The minimum Gasteiger partial charge on any atom is -0.438 e. The summed E-state index contributed by atoms with van der Waals surface area (Å²) in [5.41, 5.74) is 1.00. The molecule has 5 heterocycles. The Bertz CT molecular complexity index is 1260. The molecule has 30 heavy (non-hydrogen) atoms. The van der Waals surface area contributed by atoms with Crippen molar-refractivity contribution in [1.82, 2.24) is 29.5 Å². The second-order valence-corrected chi connectivity index (χ2v) is 7.09. The lowest BCUT2D eigenvalue weighted by Crippen LogP contribution is -2.41. The SMILES string of the molecule is O=C(c1ocnc1C(F)(F)F)N1CCc2[nH]cnc2C1c1cc2cccc(Cl)n2n1. The smallest absolute Gasteiger partial charge is 0.437 e. The van der Waals surface area contributed by atoms with Crippen molar-refractivity contribution >= 4 is 23.0 Å². The Morgan fingerprint density at radius 1 is 1.30 bits per heavy atom. The number of hydrogen-bond donors (Lipinski definition) is 1. The van der Waals surface area contributed by atoms with E-state index in [1.54, 1.807) is 24.3 Å². The summed E-state index contributed by atoms with van der Waals surface area (Å²) in [5, 5.41) is 4.82. The van der Waals surface area contributed by atoms with Gasteiger partial charge in [-0.15, -0.1) is 0 Å². The summed E-state index contributed by atoms with van der Waals surface area (Å²) < 4.78 is 46.1. The van der Waals surface area contributed by atoms with Crippen molar-refractivity contribution in [2.24, 2.45) is 0 Å². The van der Waals surface area contributed by atoms with Crippen LogP contribution in [0.4, 0.5) is 13.2 Å². The molecular weight excluding hydrogens is 425 g/mol. The zero-order valence-corrected chi connectivity index (χ0v) is 15.8. The number of hydrogen-bond acceptors (Lipinski definition) is 5.